The highest BCUT2D eigenvalue weighted by atomic mass is 19.2. The molecule has 0 heterocycles. The molecule has 4 nitrogen and oxygen atoms in total. The Morgan fingerprint density at radius 1 is 0.900 bits per heavy atom. The number of rotatable bonds is 12. The number of halogens is 3. The molecule has 4 rings (SSSR count). The van der Waals surface area contributed by atoms with E-state index >= 15 is 0 Å². The minimum absolute atomic E-state index is 0.101. The van der Waals surface area contributed by atoms with E-state index in [-0.39, 0.29) is 23.3 Å². The monoisotopic (exact) mass is 552 g/mol. The van der Waals surface area contributed by atoms with Crippen LogP contribution >= 0.6 is 0 Å². The maximum Gasteiger partial charge on any atom is 0.343 e. The number of hydrogen-bond donors (Lipinski definition) is 0. The van der Waals surface area contributed by atoms with Gasteiger partial charge in [-0.25, -0.2) is 13.6 Å². The van der Waals surface area contributed by atoms with Gasteiger partial charge in [-0.05, 0) is 91.5 Å². The SMILES string of the molecule is C=CCCOc1ccc(-c2ccc(C(=O)Oc3ccc(C4CCC(OCCCC)CC4)c(F)c3F)cc2)cc1F. The quantitative estimate of drug-likeness (QED) is 0.0975. The molecular weight excluding hydrogens is 517 g/mol. The zero-order valence-electron chi connectivity index (χ0n) is 22.8. The molecule has 212 valence electrons. The zero-order valence-corrected chi connectivity index (χ0v) is 22.8. The zero-order chi connectivity index (χ0) is 28.5. The van der Waals surface area contributed by atoms with Crippen LogP contribution < -0.4 is 9.47 Å². The number of benzene rings is 3. The van der Waals surface area contributed by atoms with Crippen molar-refractivity contribution < 1.29 is 32.2 Å². The highest BCUT2D eigenvalue weighted by molar-refractivity contribution is 5.91. The normalized spacial score (nSPS) is 16.9. The maximum atomic E-state index is 15.0. The molecule has 0 unspecified atom stereocenters. The van der Waals surface area contributed by atoms with E-state index in [1.54, 1.807) is 30.3 Å². The van der Waals surface area contributed by atoms with Gasteiger partial charge in [0.15, 0.2) is 23.1 Å². The fourth-order valence-corrected chi connectivity index (χ4v) is 4.88. The molecule has 0 N–H and O–H groups in total. The highest BCUT2D eigenvalue weighted by Crippen LogP contribution is 2.37. The second-order valence-corrected chi connectivity index (χ2v) is 10.0. The van der Waals surface area contributed by atoms with Crippen LogP contribution in [0.4, 0.5) is 13.2 Å². The van der Waals surface area contributed by atoms with Gasteiger partial charge in [0, 0.05) is 6.61 Å². The minimum Gasteiger partial charge on any atom is -0.490 e. The van der Waals surface area contributed by atoms with E-state index in [1.807, 2.05) is 0 Å². The summed E-state index contributed by atoms with van der Waals surface area (Å²) < 4.78 is 60.8. The first kappa shape index (κ1) is 29.4. The van der Waals surface area contributed by atoms with Gasteiger partial charge >= 0.3 is 5.97 Å². The summed E-state index contributed by atoms with van der Waals surface area (Å²) in [5.41, 5.74) is 1.72. The van der Waals surface area contributed by atoms with Gasteiger partial charge in [-0.15, -0.1) is 6.58 Å². The molecule has 0 bridgehead atoms. The van der Waals surface area contributed by atoms with Gasteiger partial charge in [0.25, 0.3) is 0 Å². The van der Waals surface area contributed by atoms with E-state index in [9.17, 15) is 18.0 Å². The van der Waals surface area contributed by atoms with Crippen molar-refractivity contribution in [3.63, 3.8) is 0 Å². The summed E-state index contributed by atoms with van der Waals surface area (Å²) >= 11 is 0. The van der Waals surface area contributed by atoms with Crippen LogP contribution in [-0.2, 0) is 4.74 Å². The van der Waals surface area contributed by atoms with Crippen molar-refractivity contribution in [1.29, 1.82) is 0 Å². The van der Waals surface area contributed by atoms with Gasteiger partial charge in [0.2, 0.25) is 5.82 Å². The minimum atomic E-state index is -1.17. The van der Waals surface area contributed by atoms with Gasteiger partial charge in [0.1, 0.15) is 0 Å². The number of carbonyl (C=O) groups excluding carboxylic acids is 1. The molecule has 1 saturated carbocycles. The number of esters is 1. The summed E-state index contributed by atoms with van der Waals surface area (Å²) in [4.78, 5) is 12.7. The highest BCUT2D eigenvalue weighted by Gasteiger charge is 2.27. The third-order valence-corrected chi connectivity index (χ3v) is 7.21. The summed E-state index contributed by atoms with van der Waals surface area (Å²) in [7, 11) is 0. The predicted molar refractivity (Wildman–Crippen MR) is 149 cm³/mol. The molecule has 0 saturated heterocycles. The number of carbonyl (C=O) groups is 1. The third kappa shape index (κ3) is 7.33. The first-order valence-corrected chi connectivity index (χ1v) is 13.9. The Balaban J connectivity index is 1.37. The predicted octanol–water partition coefficient (Wildman–Crippen LogP) is 8.79. The Bertz CT molecular complexity index is 1300. The number of ether oxygens (including phenoxy) is 3. The Hall–Kier alpha value is -3.58. The Kier molecular flexibility index (Phi) is 10.4. The summed E-state index contributed by atoms with van der Waals surface area (Å²) in [6.45, 7) is 6.78. The van der Waals surface area contributed by atoms with Crippen molar-refractivity contribution >= 4 is 5.97 Å². The second-order valence-electron chi connectivity index (χ2n) is 10.0. The molecule has 1 fully saturated rings. The molecular formula is C33H35F3O4. The average molecular weight is 553 g/mol. The molecule has 0 spiro atoms. The van der Waals surface area contributed by atoms with Crippen LogP contribution in [0.25, 0.3) is 11.1 Å². The molecule has 3 aromatic carbocycles. The van der Waals surface area contributed by atoms with Crippen LogP contribution in [0.1, 0.15) is 73.7 Å². The topological polar surface area (TPSA) is 44.8 Å². The van der Waals surface area contributed by atoms with Crippen molar-refractivity contribution in [2.24, 2.45) is 0 Å². The Morgan fingerprint density at radius 3 is 2.27 bits per heavy atom. The van der Waals surface area contributed by atoms with E-state index in [2.05, 4.69) is 13.5 Å². The van der Waals surface area contributed by atoms with Crippen LogP contribution in [0.15, 0.2) is 67.3 Å². The lowest BCUT2D eigenvalue weighted by Gasteiger charge is -2.29. The van der Waals surface area contributed by atoms with Crippen molar-refractivity contribution in [1.82, 2.24) is 0 Å². The van der Waals surface area contributed by atoms with Crippen molar-refractivity contribution in [3.05, 3.63) is 95.8 Å². The first-order chi connectivity index (χ1) is 19.4. The lowest BCUT2D eigenvalue weighted by atomic mass is 9.82. The smallest absolute Gasteiger partial charge is 0.343 e. The van der Waals surface area contributed by atoms with Gasteiger partial charge in [0.05, 0.1) is 18.3 Å². The first-order valence-electron chi connectivity index (χ1n) is 13.9. The molecule has 1 aliphatic rings. The van der Waals surface area contributed by atoms with Crippen LogP contribution in [0.3, 0.4) is 0 Å². The number of unbranched alkanes of at least 4 members (excludes halogenated alkanes) is 1. The van der Waals surface area contributed by atoms with E-state index in [4.69, 9.17) is 14.2 Å². The summed E-state index contributed by atoms with van der Waals surface area (Å²) in [5.74, 6) is -3.88. The molecule has 3 aromatic rings. The lowest BCUT2D eigenvalue weighted by molar-refractivity contribution is 0.0230. The van der Waals surface area contributed by atoms with E-state index in [1.165, 1.54) is 30.3 Å². The molecule has 0 radical (unpaired) electrons. The maximum absolute atomic E-state index is 15.0. The third-order valence-electron chi connectivity index (χ3n) is 7.21. The lowest BCUT2D eigenvalue weighted by Crippen LogP contribution is -2.22. The molecule has 0 aromatic heterocycles. The van der Waals surface area contributed by atoms with Crippen LogP contribution in [0.2, 0.25) is 0 Å². The van der Waals surface area contributed by atoms with Crippen LogP contribution in [0, 0.1) is 17.5 Å². The Labute approximate surface area is 233 Å². The average Bonchev–Trinajstić information content (AvgIpc) is 2.97. The molecule has 0 atom stereocenters. The van der Waals surface area contributed by atoms with E-state index in [0.717, 1.165) is 32.3 Å². The molecule has 0 aliphatic heterocycles. The summed E-state index contributed by atoms with van der Waals surface area (Å²) in [5, 5.41) is 0. The van der Waals surface area contributed by atoms with Crippen molar-refractivity contribution in [2.75, 3.05) is 13.2 Å². The van der Waals surface area contributed by atoms with Crippen molar-refractivity contribution in [2.45, 2.75) is 63.9 Å². The molecule has 40 heavy (non-hydrogen) atoms. The molecule has 7 heteroatoms. The van der Waals surface area contributed by atoms with Gasteiger partial charge in [-0.1, -0.05) is 43.7 Å². The molecule has 1 aliphatic carbocycles. The Morgan fingerprint density at radius 2 is 1.60 bits per heavy atom. The van der Waals surface area contributed by atoms with Gasteiger partial charge in [-0.3, -0.25) is 0 Å². The fraction of sp³-hybridized carbons (Fsp3) is 0.364. The van der Waals surface area contributed by atoms with Crippen LogP contribution in [-0.4, -0.2) is 25.3 Å². The van der Waals surface area contributed by atoms with Crippen LogP contribution in [0.5, 0.6) is 11.5 Å². The number of hydrogen-bond acceptors (Lipinski definition) is 4. The van der Waals surface area contributed by atoms with Gasteiger partial charge in [-0.2, -0.15) is 4.39 Å². The van der Waals surface area contributed by atoms with Crippen molar-refractivity contribution in [3.8, 4) is 22.6 Å². The standard InChI is InChI=1S/C33H35F3O4/c1-3-5-19-38-26-14-11-23(12-15-26)27-16-18-30(32(36)31(27)35)40-33(37)24-9-7-22(8-10-24)25-13-17-29(28(34)21-25)39-20-6-4-2/h4,7-10,13,16-18,21,23,26H,2-3,5-6,11-12,14-15,19-20H2,1H3. The fourth-order valence-electron chi connectivity index (χ4n) is 4.88. The summed E-state index contributed by atoms with van der Waals surface area (Å²) in [6.07, 6.45) is 7.61. The molecule has 0 amide bonds. The van der Waals surface area contributed by atoms with Gasteiger partial charge < -0.3 is 14.2 Å². The summed E-state index contributed by atoms with van der Waals surface area (Å²) in [6, 6.07) is 13.7. The second kappa shape index (κ2) is 14.2. The van der Waals surface area contributed by atoms with E-state index < -0.39 is 29.2 Å². The largest absolute Gasteiger partial charge is 0.490 e. The van der Waals surface area contributed by atoms with E-state index in [0.29, 0.717) is 42.6 Å².